The summed E-state index contributed by atoms with van der Waals surface area (Å²) in [5, 5.41) is 4.59. The molecule has 4 heteroatoms. The van der Waals surface area contributed by atoms with Gasteiger partial charge in [-0.05, 0) is 51.9 Å². The Morgan fingerprint density at radius 2 is 0.867 bits per heavy atom. The number of ether oxygens (including phenoxy) is 2. The van der Waals surface area contributed by atoms with Crippen LogP contribution in [0.25, 0.3) is 21.5 Å². The van der Waals surface area contributed by atoms with Crippen LogP contribution in [0.4, 0.5) is 0 Å². The van der Waals surface area contributed by atoms with Crippen molar-refractivity contribution in [3.63, 3.8) is 0 Å². The zero-order valence-electron chi connectivity index (χ0n) is 17.8. The lowest BCUT2D eigenvalue weighted by atomic mass is 10.0. The first-order chi connectivity index (χ1) is 14.9. The van der Waals surface area contributed by atoms with Gasteiger partial charge in [0.1, 0.15) is 24.7 Å². The van der Waals surface area contributed by atoms with Crippen LogP contribution in [0.3, 0.4) is 0 Å². The topological polar surface area (TPSA) is 24.9 Å². The monoisotopic (exact) mass is 404 g/mol. The number of likely N-dealkylation sites (tertiary alicyclic amines) is 2. The van der Waals surface area contributed by atoms with E-state index in [1.807, 2.05) is 0 Å². The summed E-state index contributed by atoms with van der Waals surface area (Å²) in [6.07, 6.45) is 5.26. The maximum Gasteiger partial charge on any atom is 0.135 e. The van der Waals surface area contributed by atoms with E-state index in [0.717, 1.165) is 59.3 Å². The van der Waals surface area contributed by atoms with E-state index in [9.17, 15) is 0 Å². The first-order valence-electron chi connectivity index (χ1n) is 11.5. The Kier molecular flexibility index (Phi) is 6.05. The molecule has 0 aliphatic carbocycles. The summed E-state index contributed by atoms with van der Waals surface area (Å²) in [6, 6.07) is 17.1. The van der Waals surface area contributed by atoms with E-state index in [-0.39, 0.29) is 0 Å². The van der Waals surface area contributed by atoms with Crippen LogP contribution in [0.15, 0.2) is 48.5 Å². The van der Waals surface area contributed by atoms with E-state index in [1.54, 1.807) is 0 Å². The maximum absolute atomic E-state index is 6.43. The lowest BCUT2D eigenvalue weighted by Crippen LogP contribution is -2.25. The minimum Gasteiger partial charge on any atom is -0.491 e. The highest BCUT2D eigenvalue weighted by Crippen LogP contribution is 2.42. The van der Waals surface area contributed by atoms with E-state index in [1.165, 1.54) is 51.9 Å². The average Bonchev–Trinajstić information content (AvgIpc) is 3.49. The summed E-state index contributed by atoms with van der Waals surface area (Å²) in [4.78, 5) is 5.00. The van der Waals surface area contributed by atoms with Gasteiger partial charge < -0.3 is 9.47 Å². The van der Waals surface area contributed by atoms with E-state index in [2.05, 4.69) is 58.3 Å². The Hall–Kier alpha value is -2.30. The van der Waals surface area contributed by atoms with Crippen LogP contribution >= 0.6 is 0 Å². The van der Waals surface area contributed by atoms with E-state index < -0.39 is 0 Å². The van der Waals surface area contributed by atoms with Crippen LogP contribution in [0, 0.1) is 0 Å². The summed E-state index contributed by atoms with van der Waals surface area (Å²) in [5.74, 6) is 1.99. The highest BCUT2D eigenvalue weighted by molar-refractivity contribution is 6.11. The molecule has 2 saturated heterocycles. The molecule has 30 heavy (non-hydrogen) atoms. The van der Waals surface area contributed by atoms with Gasteiger partial charge in [-0.2, -0.15) is 0 Å². The number of hydrogen-bond donors (Lipinski definition) is 0. The summed E-state index contributed by atoms with van der Waals surface area (Å²) >= 11 is 0. The van der Waals surface area contributed by atoms with Gasteiger partial charge in [-0.1, -0.05) is 48.5 Å². The summed E-state index contributed by atoms with van der Waals surface area (Å²) in [6.45, 7) is 8.26. The Labute approximate surface area is 179 Å². The van der Waals surface area contributed by atoms with Gasteiger partial charge in [0.2, 0.25) is 0 Å². The smallest absolute Gasteiger partial charge is 0.135 e. The Bertz CT molecular complexity index is 854. The van der Waals surface area contributed by atoms with Crippen molar-refractivity contribution in [2.75, 3.05) is 52.5 Å². The number of nitrogens with zero attached hydrogens (tertiary/aromatic N) is 2. The number of fused-ring (bicyclic) bond motifs is 2. The molecular weight excluding hydrogens is 372 g/mol. The third-order valence-corrected chi connectivity index (χ3v) is 6.54. The van der Waals surface area contributed by atoms with Gasteiger partial charge in [-0.25, -0.2) is 0 Å². The molecule has 0 atom stereocenters. The Balaban J connectivity index is 1.44. The normalized spacial score (nSPS) is 17.9. The molecule has 2 aliphatic heterocycles. The molecule has 0 spiro atoms. The minimum atomic E-state index is 0.725. The maximum atomic E-state index is 6.43. The Morgan fingerprint density at radius 1 is 0.533 bits per heavy atom. The predicted molar refractivity (Wildman–Crippen MR) is 124 cm³/mol. The van der Waals surface area contributed by atoms with Gasteiger partial charge in [-0.3, -0.25) is 9.80 Å². The SMILES string of the molecule is c1ccc2c(OCCN3CCCC3)c3ccccc3c(OCCN3CCCC3)c2c1. The van der Waals surface area contributed by atoms with Gasteiger partial charge in [0.25, 0.3) is 0 Å². The zero-order chi connectivity index (χ0) is 20.2. The first-order valence-corrected chi connectivity index (χ1v) is 11.5. The Morgan fingerprint density at radius 3 is 1.20 bits per heavy atom. The van der Waals surface area contributed by atoms with Crippen molar-refractivity contribution < 1.29 is 9.47 Å². The second kappa shape index (κ2) is 9.23. The quantitative estimate of drug-likeness (QED) is 0.497. The fourth-order valence-corrected chi connectivity index (χ4v) is 4.93. The molecular formula is C26H32N2O2. The molecule has 3 aromatic rings. The van der Waals surface area contributed by atoms with E-state index in [4.69, 9.17) is 9.47 Å². The predicted octanol–water partition coefficient (Wildman–Crippen LogP) is 4.94. The molecule has 0 unspecified atom stereocenters. The molecule has 2 heterocycles. The number of benzene rings is 3. The van der Waals surface area contributed by atoms with Crippen LogP contribution < -0.4 is 9.47 Å². The van der Waals surface area contributed by atoms with Crippen molar-refractivity contribution in [3.8, 4) is 11.5 Å². The molecule has 0 amide bonds. The molecule has 0 N–H and O–H groups in total. The molecule has 0 radical (unpaired) electrons. The fraction of sp³-hybridized carbons (Fsp3) is 0.462. The van der Waals surface area contributed by atoms with Crippen molar-refractivity contribution >= 4 is 21.5 Å². The van der Waals surface area contributed by atoms with Crippen molar-refractivity contribution in [2.45, 2.75) is 25.7 Å². The average molecular weight is 405 g/mol. The van der Waals surface area contributed by atoms with Gasteiger partial charge in [-0.15, -0.1) is 0 Å². The van der Waals surface area contributed by atoms with E-state index in [0.29, 0.717) is 0 Å². The van der Waals surface area contributed by atoms with Crippen LogP contribution in [-0.2, 0) is 0 Å². The van der Waals surface area contributed by atoms with Crippen LogP contribution in [0.5, 0.6) is 11.5 Å². The van der Waals surface area contributed by atoms with Crippen molar-refractivity contribution in [3.05, 3.63) is 48.5 Å². The summed E-state index contributed by atoms with van der Waals surface area (Å²) in [7, 11) is 0. The molecule has 3 aromatic carbocycles. The van der Waals surface area contributed by atoms with Gasteiger partial charge in [0, 0.05) is 34.6 Å². The first kappa shape index (κ1) is 19.7. The molecule has 2 fully saturated rings. The molecule has 2 aliphatic rings. The minimum absolute atomic E-state index is 0.725. The molecule has 158 valence electrons. The van der Waals surface area contributed by atoms with E-state index >= 15 is 0 Å². The number of hydrogen-bond acceptors (Lipinski definition) is 4. The summed E-state index contributed by atoms with van der Waals surface area (Å²) < 4.78 is 12.9. The molecule has 4 nitrogen and oxygen atoms in total. The van der Waals surface area contributed by atoms with Crippen molar-refractivity contribution in [1.82, 2.24) is 9.80 Å². The largest absolute Gasteiger partial charge is 0.491 e. The van der Waals surface area contributed by atoms with Crippen molar-refractivity contribution in [1.29, 1.82) is 0 Å². The lowest BCUT2D eigenvalue weighted by molar-refractivity contribution is 0.238. The molecule has 5 rings (SSSR count). The highest BCUT2D eigenvalue weighted by Gasteiger charge is 2.18. The third-order valence-electron chi connectivity index (χ3n) is 6.54. The van der Waals surface area contributed by atoms with Gasteiger partial charge in [0.15, 0.2) is 0 Å². The van der Waals surface area contributed by atoms with Crippen LogP contribution in [0.2, 0.25) is 0 Å². The summed E-state index contributed by atoms with van der Waals surface area (Å²) in [5.41, 5.74) is 0. The van der Waals surface area contributed by atoms with Gasteiger partial charge in [0.05, 0.1) is 0 Å². The van der Waals surface area contributed by atoms with Crippen LogP contribution in [-0.4, -0.2) is 62.3 Å². The molecule has 0 saturated carbocycles. The fourth-order valence-electron chi connectivity index (χ4n) is 4.93. The highest BCUT2D eigenvalue weighted by atomic mass is 16.5. The van der Waals surface area contributed by atoms with Gasteiger partial charge >= 0.3 is 0 Å². The zero-order valence-corrected chi connectivity index (χ0v) is 17.8. The number of rotatable bonds is 8. The lowest BCUT2D eigenvalue weighted by Gasteiger charge is -2.20. The van der Waals surface area contributed by atoms with Crippen LogP contribution in [0.1, 0.15) is 25.7 Å². The standard InChI is InChI=1S/C26H32N2O2/c1-2-10-22-21(9-1)25(29-19-17-27-13-5-6-14-27)23-11-3-4-12-24(23)26(22)30-20-18-28-15-7-8-16-28/h1-4,9-12H,5-8,13-20H2. The third kappa shape index (κ3) is 4.12. The second-order valence-corrected chi connectivity index (χ2v) is 8.54. The van der Waals surface area contributed by atoms with Crippen molar-refractivity contribution in [2.24, 2.45) is 0 Å². The second-order valence-electron chi connectivity index (χ2n) is 8.54. The molecule has 0 aromatic heterocycles. The molecule has 0 bridgehead atoms.